The average Bonchev–Trinajstić information content (AvgIpc) is 2.27. The molecule has 0 unspecified atom stereocenters. The highest BCUT2D eigenvalue weighted by Gasteiger charge is 2.43. The third kappa shape index (κ3) is 3.50. The summed E-state index contributed by atoms with van der Waals surface area (Å²) in [7, 11) is 0. The van der Waals surface area contributed by atoms with Crippen molar-refractivity contribution < 1.29 is 22.8 Å². The monoisotopic (exact) mass is 253 g/mol. The fourth-order valence-corrected chi connectivity index (χ4v) is 1.55. The van der Waals surface area contributed by atoms with Gasteiger partial charge in [-0.05, 0) is 6.92 Å². The Kier molecular flexibility index (Phi) is 4.19. The number of urea groups is 1. The minimum absolute atomic E-state index is 0.0878. The topological polar surface area (TPSA) is 52.7 Å². The van der Waals surface area contributed by atoms with E-state index in [0.717, 1.165) is 4.90 Å². The molecule has 1 N–H and O–H groups in total. The van der Waals surface area contributed by atoms with Gasteiger partial charge in [0.15, 0.2) is 0 Å². The number of alkyl halides is 3. The molecule has 5 nitrogen and oxygen atoms in total. The zero-order valence-electron chi connectivity index (χ0n) is 9.38. The molecule has 0 saturated carbocycles. The number of rotatable bonds is 1. The fraction of sp³-hybridized carbons (Fsp3) is 0.778. The van der Waals surface area contributed by atoms with Gasteiger partial charge in [-0.15, -0.1) is 0 Å². The van der Waals surface area contributed by atoms with Gasteiger partial charge in [0.05, 0.1) is 0 Å². The van der Waals surface area contributed by atoms with Crippen LogP contribution in [0.3, 0.4) is 0 Å². The molecule has 1 heterocycles. The molecule has 98 valence electrons. The second-order valence-electron chi connectivity index (χ2n) is 3.61. The Balaban J connectivity index is 2.46. The Labute approximate surface area is 96.5 Å². The largest absolute Gasteiger partial charge is 0.471 e. The number of piperazine rings is 1. The number of carbonyl (C=O) groups is 2. The molecule has 8 heteroatoms. The van der Waals surface area contributed by atoms with E-state index in [2.05, 4.69) is 5.32 Å². The van der Waals surface area contributed by atoms with Crippen molar-refractivity contribution in [2.45, 2.75) is 13.1 Å². The van der Waals surface area contributed by atoms with Crippen LogP contribution < -0.4 is 5.32 Å². The van der Waals surface area contributed by atoms with E-state index in [-0.39, 0.29) is 32.2 Å². The zero-order chi connectivity index (χ0) is 13.1. The zero-order valence-corrected chi connectivity index (χ0v) is 9.38. The SMILES string of the molecule is CCNC(=O)N1CCN(C(=O)C(F)(F)F)CC1. The van der Waals surface area contributed by atoms with Crippen LogP contribution >= 0.6 is 0 Å². The van der Waals surface area contributed by atoms with E-state index < -0.39 is 12.1 Å². The van der Waals surface area contributed by atoms with E-state index in [1.165, 1.54) is 4.90 Å². The maximum atomic E-state index is 12.1. The van der Waals surface area contributed by atoms with E-state index in [9.17, 15) is 22.8 Å². The Morgan fingerprint density at radius 2 is 1.59 bits per heavy atom. The van der Waals surface area contributed by atoms with Gasteiger partial charge in [-0.1, -0.05) is 0 Å². The van der Waals surface area contributed by atoms with Crippen LogP contribution in [-0.4, -0.2) is 60.6 Å². The average molecular weight is 253 g/mol. The van der Waals surface area contributed by atoms with E-state index in [0.29, 0.717) is 6.54 Å². The van der Waals surface area contributed by atoms with Crippen LogP contribution in [0, 0.1) is 0 Å². The number of hydrogen-bond acceptors (Lipinski definition) is 2. The number of amides is 3. The van der Waals surface area contributed by atoms with Crippen molar-refractivity contribution in [3.63, 3.8) is 0 Å². The molecular weight excluding hydrogens is 239 g/mol. The summed E-state index contributed by atoms with van der Waals surface area (Å²) in [5, 5.41) is 2.55. The second-order valence-corrected chi connectivity index (χ2v) is 3.61. The van der Waals surface area contributed by atoms with E-state index >= 15 is 0 Å². The molecule has 1 saturated heterocycles. The van der Waals surface area contributed by atoms with Crippen LogP contribution in [-0.2, 0) is 4.79 Å². The number of hydrogen-bond donors (Lipinski definition) is 1. The Morgan fingerprint density at radius 3 is 2.00 bits per heavy atom. The third-order valence-corrected chi connectivity index (χ3v) is 2.42. The number of nitrogens with one attached hydrogen (secondary N) is 1. The van der Waals surface area contributed by atoms with Crippen LogP contribution in [0.1, 0.15) is 6.92 Å². The standard InChI is InChI=1S/C9H14F3N3O2/c1-2-13-8(17)15-5-3-14(4-6-15)7(16)9(10,11)12/h2-6H2,1H3,(H,13,17). The summed E-state index contributed by atoms with van der Waals surface area (Å²) in [5.41, 5.74) is 0. The highest BCUT2D eigenvalue weighted by Crippen LogP contribution is 2.19. The molecule has 0 aromatic rings. The number of halogens is 3. The summed E-state index contributed by atoms with van der Waals surface area (Å²) in [6, 6.07) is -0.313. The Bertz CT molecular complexity index is 298. The summed E-state index contributed by atoms with van der Waals surface area (Å²) < 4.78 is 36.4. The smallest absolute Gasteiger partial charge is 0.338 e. The summed E-state index contributed by atoms with van der Waals surface area (Å²) in [5.74, 6) is -1.84. The van der Waals surface area contributed by atoms with Crippen molar-refractivity contribution >= 4 is 11.9 Å². The first-order valence-electron chi connectivity index (χ1n) is 5.25. The lowest BCUT2D eigenvalue weighted by atomic mass is 10.3. The van der Waals surface area contributed by atoms with Crippen LogP contribution in [0.15, 0.2) is 0 Å². The quantitative estimate of drug-likeness (QED) is 0.736. The molecule has 1 aliphatic rings. The number of nitrogens with zero attached hydrogens (tertiary/aromatic N) is 2. The summed E-state index contributed by atoms with van der Waals surface area (Å²) in [6.45, 7) is 2.27. The second kappa shape index (κ2) is 5.24. The van der Waals surface area contributed by atoms with Crippen LogP contribution in [0.2, 0.25) is 0 Å². The van der Waals surface area contributed by atoms with Gasteiger partial charge in [0.25, 0.3) is 0 Å². The minimum atomic E-state index is -4.84. The summed E-state index contributed by atoms with van der Waals surface area (Å²) in [4.78, 5) is 24.4. The van der Waals surface area contributed by atoms with Crippen LogP contribution in [0.25, 0.3) is 0 Å². The third-order valence-electron chi connectivity index (χ3n) is 2.42. The first kappa shape index (κ1) is 13.6. The Hall–Kier alpha value is -1.47. The lowest BCUT2D eigenvalue weighted by Gasteiger charge is -2.34. The molecule has 0 atom stereocenters. The predicted molar refractivity (Wildman–Crippen MR) is 53.3 cm³/mol. The van der Waals surface area contributed by atoms with Crippen molar-refractivity contribution in [3.8, 4) is 0 Å². The van der Waals surface area contributed by atoms with Crippen molar-refractivity contribution in [2.24, 2.45) is 0 Å². The summed E-state index contributed by atoms with van der Waals surface area (Å²) in [6.07, 6.45) is -4.84. The lowest BCUT2D eigenvalue weighted by molar-refractivity contribution is -0.186. The maximum Gasteiger partial charge on any atom is 0.471 e. The maximum absolute atomic E-state index is 12.1. The molecule has 0 spiro atoms. The fourth-order valence-electron chi connectivity index (χ4n) is 1.55. The predicted octanol–water partition coefficient (Wildman–Crippen LogP) is 0.422. The molecule has 1 rings (SSSR count). The van der Waals surface area contributed by atoms with Crippen molar-refractivity contribution in [2.75, 3.05) is 32.7 Å². The van der Waals surface area contributed by atoms with Gasteiger partial charge in [0.1, 0.15) is 0 Å². The first-order chi connectivity index (χ1) is 7.86. The van der Waals surface area contributed by atoms with Crippen molar-refractivity contribution in [1.82, 2.24) is 15.1 Å². The molecule has 1 fully saturated rings. The molecular formula is C9H14F3N3O2. The highest BCUT2D eigenvalue weighted by atomic mass is 19.4. The summed E-state index contributed by atoms with van der Waals surface area (Å²) >= 11 is 0. The normalized spacial score (nSPS) is 16.9. The van der Waals surface area contributed by atoms with Crippen LogP contribution in [0.4, 0.5) is 18.0 Å². The van der Waals surface area contributed by atoms with Gasteiger partial charge in [-0.25, -0.2) is 4.79 Å². The van der Waals surface area contributed by atoms with E-state index in [1.54, 1.807) is 6.92 Å². The molecule has 0 aromatic carbocycles. The molecule has 0 aromatic heterocycles. The lowest BCUT2D eigenvalue weighted by Crippen LogP contribution is -2.55. The van der Waals surface area contributed by atoms with Crippen molar-refractivity contribution in [1.29, 1.82) is 0 Å². The minimum Gasteiger partial charge on any atom is -0.338 e. The van der Waals surface area contributed by atoms with Gasteiger partial charge < -0.3 is 15.1 Å². The molecule has 0 radical (unpaired) electrons. The number of carbonyl (C=O) groups excluding carboxylic acids is 2. The van der Waals surface area contributed by atoms with Gasteiger partial charge in [0.2, 0.25) is 0 Å². The molecule has 0 bridgehead atoms. The van der Waals surface area contributed by atoms with E-state index in [1.807, 2.05) is 0 Å². The van der Waals surface area contributed by atoms with Gasteiger partial charge in [-0.3, -0.25) is 4.79 Å². The first-order valence-corrected chi connectivity index (χ1v) is 5.25. The van der Waals surface area contributed by atoms with Crippen LogP contribution in [0.5, 0.6) is 0 Å². The highest BCUT2D eigenvalue weighted by molar-refractivity contribution is 5.82. The van der Waals surface area contributed by atoms with E-state index in [4.69, 9.17) is 0 Å². The molecule has 17 heavy (non-hydrogen) atoms. The van der Waals surface area contributed by atoms with Crippen molar-refractivity contribution in [3.05, 3.63) is 0 Å². The molecule has 3 amide bonds. The molecule has 0 aliphatic carbocycles. The molecule has 1 aliphatic heterocycles. The van der Waals surface area contributed by atoms with Gasteiger partial charge >= 0.3 is 18.1 Å². The van der Waals surface area contributed by atoms with Gasteiger partial charge in [0, 0.05) is 32.7 Å². The Morgan fingerprint density at radius 1 is 1.12 bits per heavy atom. The van der Waals surface area contributed by atoms with Gasteiger partial charge in [-0.2, -0.15) is 13.2 Å².